The number of amides is 1. The third kappa shape index (κ3) is 5.14. The molecule has 1 aliphatic heterocycles. The number of aromatic nitrogens is 1. The molecule has 1 aromatic heterocycles. The van der Waals surface area contributed by atoms with E-state index >= 15 is 4.39 Å². The van der Waals surface area contributed by atoms with E-state index in [0.717, 1.165) is 11.0 Å². The Morgan fingerprint density at radius 1 is 1.15 bits per heavy atom. The van der Waals surface area contributed by atoms with Gasteiger partial charge < -0.3 is 0 Å². The number of hydrogen-bond donors (Lipinski definition) is 1. The average molecular weight is 538 g/mol. The summed E-state index contributed by atoms with van der Waals surface area (Å²) in [6.07, 6.45) is -3.32. The van der Waals surface area contributed by atoms with Gasteiger partial charge in [-0.15, -0.1) is 0 Å². The largest absolute Gasteiger partial charge is 0.416 e. The second kappa shape index (κ2) is 10.6. The molecule has 0 fully saturated rings. The number of nitrogens with zero attached hydrogens (tertiary/aromatic N) is 4. The van der Waals surface area contributed by atoms with Gasteiger partial charge in [-0.1, -0.05) is 19.1 Å². The first kappa shape index (κ1) is 27.9. The molecule has 0 spiro atoms. The van der Waals surface area contributed by atoms with Gasteiger partial charge in [0.2, 0.25) is 5.79 Å². The van der Waals surface area contributed by atoms with E-state index in [4.69, 9.17) is 10.7 Å². The van der Waals surface area contributed by atoms with Crippen LogP contribution in [-0.2, 0) is 18.4 Å². The number of pyridine rings is 1. The van der Waals surface area contributed by atoms with Gasteiger partial charge in [0.1, 0.15) is 11.5 Å². The number of nitrogens with one attached hydrogen (secondary N) is 1. The first-order valence-corrected chi connectivity index (χ1v) is 12.4. The predicted molar refractivity (Wildman–Crippen MR) is 139 cm³/mol. The number of nitriles is 1. The van der Waals surface area contributed by atoms with Gasteiger partial charge in [0, 0.05) is 19.2 Å². The zero-order valence-corrected chi connectivity index (χ0v) is 21.7. The van der Waals surface area contributed by atoms with Gasteiger partial charge >= 0.3 is 6.18 Å². The van der Waals surface area contributed by atoms with Crippen LogP contribution in [-0.4, -0.2) is 34.2 Å². The fourth-order valence-electron chi connectivity index (χ4n) is 4.98. The summed E-state index contributed by atoms with van der Waals surface area (Å²) in [4.78, 5) is 20.7. The maximum absolute atomic E-state index is 17.6. The third-order valence-corrected chi connectivity index (χ3v) is 6.93. The topological polar surface area (TPSA) is 84.1 Å². The van der Waals surface area contributed by atoms with E-state index in [1.54, 1.807) is 6.92 Å². The van der Waals surface area contributed by atoms with E-state index in [9.17, 15) is 18.0 Å². The lowest BCUT2D eigenvalue weighted by Crippen LogP contribution is -2.59. The summed E-state index contributed by atoms with van der Waals surface area (Å²) in [6, 6.07) is 13.7. The third-order valence-electron chi connectivity index (χ3n) is 6.93. The second-order valence-corrected chi connectivity index (χ2v) is 9.54. The number of amidine groups is 1. The Bertz CT molecular complexity index is 1450. The van der Waals surface area contributed by atoms with E-state index in [0.29, 0.717) is 17.7 Å². The Kier molecular flexibility index (Phi) is 7.57. The number of alkyl halides is 4. The van der Waals surface area contributed by atoms with Gasteiger partial charge in [-0.3, -0.25) is 25.0 Å². The highest BCUT2D eigenvalue weighted by Crippen LogP contribution is 2.41. The molecule has 0 bridgehead atoms. The molecule has 0 radical (unpaired) electrons. The molecule has 10 heteroatoms. The molecule has 2 aromatic carbocycles. The lowest BCUT2D eigenvalue weighted by Gasteiger charge is -2.45. The van der Waals surface area contributed by atoms with Crippen LogP contribution in [0.4, 0.5) is 23.2 Å². The van der Waals surface area contributed by atoms with Gasteiger partial charge in [0.05, 0.1) is 34.5 Å². The first-order valence-electron chi connectivity index (χ1n) is 12.4. The van der Waals surface area contributed by atoms with Crippen molar-refractivity contribution in [2.75, 3.05) is 11.4 Å². The van der Waals surface area contributed by atoms with Crippen molar-refractivity contribution in [3.05, 3.63) is 94.3 Å². The van der Waals surface area contributed by atoms with Crippen LogP contribution in [0.15, 0.2) is 60.8 Å². The molecule has 39 heavy (non-hydrogen) atoms. The summed E-state index contributed by atoms with van der Waals surface area (Å²) >= 11 is 0. The molecule has 2 heterocycles. The molecule has 1 amide bonds. The number of benzene rings is 2. The first-order chi connectivity index (χ1) is 18.4. The molecule has 1 aliphatic rings. The Labute approximate surface area is 224 Å². The van der Waals surface area contributed by atoms with E-state index in [1.807, 2.05) is 13.0 Å². The number of aryl methyl sites for hydroxylation is 1. The van der Waals surface area contributed by atoms with Crippen LogP contribution in [0.3, 0.4) is 0 Å². The molecule has 4 rings (SSSR count). The maximum Gasteiger partial charge on any atom is 0.416 e. The average Bonchev–Trinajstić information content (AvgIpc) is 2.91. The fourth-order valence-corrected chi connectivity index (χ4v) is 4.98. The van der Waals surface area contributed by atoms with Crippen molar-refractivity contribution in [3.8, 4) is 6.07 Å². The Morgan fingerprint density at radius 2 is 1.85 bits per heavy atom. The van der Waals surface area contributed by atoms with Crippen molar-refractivity contribution >= 4 is 17.4 Å². The van der Waals surface area contributed by atoms with Gasteiger partial charge in [0.25, 0.3) is 5.91 Å². The summed E-state index contributed by atoms with van der Waals surface area (Å²) in [5.74, 6) is -3.41. The molecule has 0 saturated heterocycles. The molecule has 2 atom stereocenters. The number of halogens is 4. The van der Waals surface area contributed by atoms with Crippen molar-refractivity contribution in [3.63, 3.8) is 0 Å². The van der Waals surface area contributed by atoms with Crippen LogP contribution in [0, 0.1) is 23.7 Å². The van der Waals surface area contributed by atoms with Crippen LogP contribution in [0.1, 0.15) is 58.6 Å². The predicted octanol–water partition coefficient (Wildman–Crippen LogP) is 6.38. The molecule has 2 unspecified atom stereocenters. The Hall–Kier alpha value is -4.10. The number of anilines is 1. The number of rotatable bonds is 5. The zero-order valence-electron chi connectivity index (χ0n) is 21.7. The van der Waals surface area contributed by atoms with Crippen LogP contribution in [0.5, 0.6) is 0 Å². The Morgan fingerprint density at radius 3 is 2.46 bits per heavy atom. The van der Waals surface area contributed by atoms with Crippen LogP contribution in [0.2, 0.25) is 0 Å². The summed E-state index contributed by atoms with van der Waals surface area (Å²) in [5.41, 5.74) is -0.399. The number of hydrogen-bond acceptors (Lipinski definition) is 5. The quantitative estimate of drug-likeness (QED) is 0.302. The Balaban J connectivity index is 1.92. The van der Waals surface area contributed by atoms with E-state index in [2.05, 4.69) is 4.98 Å². The molecule has 6 nitrogen and oxygen atoms in total. The minimum Gasteiger partial charge on any atom is -0.286 e. The number of carbonyl (C=O) groups excluding carboxylic acids is 1. The van der Waals surface area contributed by atoms with Crippen molar-refractivity contribution < 1.29 is 22.4 Å². The minimum atomic E-state index is -4.61. The smallest absolute Gasteiger partial charge is 0.286 e. The van der Waals surface area contributed by atoms with Crippen LogP contribution < -0.4 is 4.90 Å². The molecular weight excluding hydrogens is 510 g/mol. The molecule has 3 aromatic rings. The zero-order chi connectivity index (χ0) is 28.5. The van der Waals surface area contributed by atoms with E-state index in [1.165, 1.54) is 66.6 Å². The lowest BCUT2D eigenvalue weighted by atomic mass is 9.90. The normalized spacial score (nSPS) is 20.3. The second-order valence-electron chi connectivity index (χ2n) is 9.54. The highest BCUT2D eigenvalue weighted by atomic mass is 19.4. The van der Waals surface area contributed by atoms with Crippen LogP contribution >= 0.6 is 0 Å². The molecule has 0 saturated carbocycles. The highest BCUT2D eigenvalue weighted by molar-refractivity contribution is 6.23. The van der Waals surface area contributed by atoms with E-state index < -0.39 is 35.9 Å². The summed E-state index contributed by atoms with van der Waals surface area (Å²) in [6.45, 7) is 4.89. The van der Waals surface area contributed by atoms with Crippen molar-refractivity contribution in [2.45, 2.75) is 51.6 Å². The van der Waals surface area contributed by atoms with Gasteiger partial charge in [-0.2, -0.15) is 18.4 Å². The standard InChI is InChI=1S/C29H27F4N5O/c1-4-14-37-19(3)26(35)38(22-11-9-20(17-34)10-12-22)27(39)23-6-5-13-36-25(23)28(37,30)16-21-8-7-18(2)24(15-21)29(31,32)33/h5-13,15,19,35H,4,14,16H2,1-3H3. The maximum atomic E-state index is 17.6. The molecule has 1 N–H and O–H groups in total. The summed E-state index contributed by atoms with van der Waals surface area (Å²) in [7, 11) is 0. The van der Waals surface area contributed by atoms with Crippen molar-refractivity contribution in [1.29, 1.82) is 10.7 Å². The van der Waals surface area contributed by atoms with Gasteiger partial charge in [-0.05, 0) is 73.9 Å². The van der Waals surface area contributed by atoms with E-state index in [-0.39, 0.29) is 34.8 Å². The summed E-state index contributed by atoms with van der Waals surface area (Å²) < 4.78 is 58.6. The van der Waals surface area contributed by atoms with Crippen molar-refractivity contribution in [2.24, 2.45) is 0 Å². The fraction of sp³-hybridized carbons (Fsp3) is 0.310. The van der Waals surface area contributed by atoms with Crippen molar-refractivity contribution in [1.82, 2.24) is 9.88 Å². The van der Waals surface area contributed by atoms with Gasteiger partial charge in [-0.25, -0.2) is 4.39 Å². The SMILES string of the molecule is CCCN1C(C)C(=N)N(c2ccc(C#N)cc2)C(=O)c2cccnc2C1(F)Cc1ccc(C)c(C(F)(F)F)c1. The molecule has 202 valence electrons. The molecule has 0 aliphatic carbocycles. The number of fused-ring (bicyclic) bond motifs is 1. The van der Waals surface area contributed by atoms with Gasteiger partial charge in [0.15, 0.2) is 0 Å². The number of carbonyl (C=O) groups is 1. The monoisotopic (exact) mass is 537 g/mol. The lowest BCUT2D eigenvalue weighted by molar-refractivity contribution is -0.138. The molecular formula is C29H27F4N5O. The highest BCUT2D eigenvalue weighted by Gasteiger charge is 2.49. The summed E-state index contributed by atoms with van der Waals surface area (Å²) in [5, 5.41) is 18.1. The minimum absolute atomic E-state index is 0.0177. The van der Waals surface area contributed by atoms with Crippen LogP contribution in [0.25, 0.3) is 0 Å².